The highest BCUT2D eigenvalue weighted by molar-refractivity contribution is 7.22. The zero-order chi connectivity index (χ0) is 26.6. The van der Waals surface area contributed by atoms with Gasteiger partial charge in [-0.1, -0.05) is 35.6 Å². The minimum atomic E-state index is -0.155. The van der Waals surface area contributed by atoms with E-state index in [1.54, 1.807) is 0 Å². The number of nitrogens with one attached hydrogen (secondary N) is 1. The van der Waals surface area contributed by atoms with Crippen LogP contribution in [0.2, 0.25) is 0 Å². The summed E-state index contributed by atoms with van der Waals surface area (Å²) in [6.45, 7) is 7.96. The highest BCUT2D eigenvalue weighted by Crippen LogP contribution is 2.34. The number of aromatic nitrogens is 2. The number of morpholine rings is 1. The van der Waals surface area contributed by atoms with Gasteiger partial charge in [-0.25, -0.2) is 14.8 Å². The first-order chi connectivity index (χ1) is 19.1. The molecule has 4 aromatic rings. The molecule has 2 aromatic carbocycles. The first-order valence-corrected chi connectivity index (χ1v) is 14.4. The summed E-state index contributed by atoms with van der Waals surface area (Å²) in [7, 11) is 0. The Labute approximate surface area is 232 Å². The number of ether oxygens (including phenoxy) is 2. The first kappa shape index (κ1) is 25.7. The largest absolute Gasteiger partial charge is 0.492 e. The van der Waals surface area contributed by atoms with Gasteiger partial charge in [-0.05, 0) is 62.1 Å². The molecule has 0 aliphatic carbocycles. The van der Waals surface area contributed by atoms with Crippen LogP contribution in [0.1, 0.15) is 24.1 Å². The van der Waals surface area contributed by atoms with E-state index in [4.69, 9.17) is 14.5 Å². The summed E-state index contributed by atoms with van der Waals surface area (Å²) in [6.07, 6.45) is 2.85. The van der Waals surface area contributed by atoms with Crippen molar-refractivity contribution >= 4 is 38.4 Å². The molecule has 39 heavy (non-hydrogen) atoms. The van der Waals surface area contributed by atoms with E-state index in [9.17, 15) is 4.79 Å². The lowest BCUT2D eigenvalue weighted by atomic mass is 9.98. The molecule has 8 nitrogen and oxygen atoms in total. The number of carbonyl (C=O) groups is 1. The minimum absolute atomic E-state index is 0.155. The van der Waals surface area contributed by atoms with Crippen molar-refractivity contribution in [3.63, 3.8) is 0 Å². The molecule has 0 unspecified atom stereocenters. The number of pyridine rings is 1. The smallest absolute Gasteiger partial charge is 0.328 e. The molecule has 4 heterocycles. The number of amides is 2. The van der Waals surface area contributed by atoms with Crippen LogP contribution in [0.5, 0.6) is 5.75 Å². The number of nitrogens with zero attached hydrogens (tertiary/aromatic N) is 4. The van der Waals surface area contributed by atoms with E-state index >= 15 is 0 Å². The van der Waals surface area contributed by atoms with Gasteiger partial charge in [0.15, 0.2) is 5.13 Å². The Balaban J connectivity index is 1.13. The SMILES string of the molecule is Cc1nc(-c2ccc3c(c2)N(C(=O)Nc2nc4ccccc4s2)CCC3)ccc1OCCCN1CCOCC1. The molecule has 0 atom stereocenters. The van der Waals surface area contributed by atoms with Crippen molar-refractivity contribution in [3.8, 4) is 17.0 Å². The van der Waals surface area contributed by atoms with Gasteiger partial charge in [-0.15, -0.1) is 0 Å². The number of carbonyl (C=O) groups excluding carboxylic acids is 1. The molecule has 0 spiro atoms. The molecule has 1 N–H and O–H groups in total. The van der Waals surface area contributed by atoms with Gasteiger partial charge in [0.2, 0.25) is 0 Å². The van der Waals surface area contributed by atoms with Crippen molar-refractivity contribution in [1.82, 2.24) is 14.9 Å². The van der Waals surface area contributed by atoms with Crippen molar-refractivity contribution in [2.75, 3.05) is 56.2 Å². The molecule has 2 aliphatic rings. The van der Waals surface area contributed by atoms with Gasteiger partial charge in [0.25, 0.3) is 0 Å². The van der Waals surface area contributed by atoms with Crippen molar-refractivity contribution < 1.29 is 14.3 Å². The molecule has 2 aliphatic heterocycles. The Morgan fingerprint density at radius 3 is 2.79 bits per heavy atom. The molecule has 0 bridgehead atoms. The summed E-state index contributed by atoms with van der Waals surface area (Å²) >= 11 is 1.49. The second-order valence-electron chi connectivity index (χ2n) is 9.95. The fraction of sp³-hybridized carbons (Fsp3) is 0.367. The summed E-state index contributed by atoms with van der Waals surface area (Å²) in [5.41, 5.74) is 5.71. The lowest BCUT2D eigenvalue weighted by molar-refractivity contribution is 0.0358. The summed E-state index contributed by atoms with van der Waals surface area (Å²) in [6, 6.07) is 18.1. The number of thiazole rings is 1. The molecule has 2 aromatic heterocycles. The minimum Gasteiger partial charge on any atom is -0.492 e. The fourth-order valence-corrected chi connectivity index (χ4v) is 6.04. The van der Waals surface area contributed by atoms with E-state index in [1.807, 2.05) is 48.2 Å². The van der Waals surface area contributed by atoms with Crippen LogP contribution in [0.4, 0.5) is 15.6 Å². The first-order valence-electron chi connectivity index (χ1n) is 13.6. The van der Waals surface area contributed by atoms with E-state index < -0.39 is 0 Å². The topological polar surface area (TPSA) is 79.8 Å². The van der Waals surface area contributed by atoms with Crippen LogP contribution in [0.15, 0.2) is 54.6 Å². The summed E-state index contributed by atoms with van der Waals surface area (Å²) in [5.74, 6) is 0.815. The van der Waals surface area contributed by atoms with Crippen molar-refractivity contribution in [1.29, 1.82) is 0 Å². The Morgan fingerprint density at radius 1 is 1.08 bits per heavy atom. The number of rotatable bonds is 7. The maximum absolute atomic E-state index is 13.3. The van der Waals surface area contributed by atoms with E-state index in [0.29, 0.717) is 18.3 Å². The summed E-state index contributed by atoms with van der Waals surface area (Å²) in [4.78, 5) is 27.0. The second kappa shape index (κ2) is 11.7. The fourth-order valence-electron chi connectivity index (χ4n) is 5.19. The average molecular weight is 544 g/mol. The number of anilines is 2. The van der Waals surface area contributed by atoms with E-state index in [0.717, 1.165) is 90.7 Å². The molecule has 1 fully saturated rings. The number of benzene rings is 2. The third-order valence-corrected chi connectivity index (χ3v) is 8.22. The lowest BCUT2D eigenvalue weighted by Gasteiger charge is -2.29. The van der Waals surface area contributed by atoms with Crippen molar-refractivity contribution in [2.24, 2.45) is 0 Å². The number of hydrogen-bond acceptors (Lipinski definition) is 7. The predicted octanol–water partition coefficient (Wildman–Crippen LogP) is 5.75. The number of para-hydroxylation sites is 1. The molecular formula is C30H33N5O3S. The average Bonchev–Trinajstić information content (AvgIpc) is 3.38. The molecule has 0 saturated carbocycles. The van der Waals surface area contributed by atoms with Crippen LogP contribution < -0.4 is 15.0 Å². The van der Waals surface area contributed by atoms with Crippen LogP contribution in [-0.4, -0.2) is 66.9 Å². The van der Waals surface area contributed by atoms with Gasteiger partial charge in [-0.2, -0.15) is 0 Å². The Bertz CT molecular complexity index is 1430. The van der Waals surface area contributed by atoms with E-state index in [1.165, 1.54) is 16.9 Å². The van der Waals surface area contributed by atoms with Crippen LogP contribution in [0, 0.1) is 6.92 Å². The zero-order valence-electron chi connectivity index (χ0n) is 22.2. The molecule has 6 rings (SSSR count). The predicted molar refractivity (Wildman–Crippen MR) is 156 cm³/mol. The Hall–Kier alpha value is -3.53. The van der Waals surface area contributed by atoms with Crippen molar-refractivity contribution in [2.45, 2.75) is 26.2 Å². The normalized spacial score (nSPS) is 15.8. The van der Waals surface area contributed by atoms with Gasteiger partial charge in [0, 0.05) is 37.4 Å². The molecule has 2 amide bonds. The standard InChI is InChI=1S/C30H33N5O3S/c1-21-27(38-17-5-13-34-15-18-37-19-16-34)12-11-24(31-21)23-10-9-22-6-4-14-35(26(22)20-23)30(36)33-29-32-25-7-2-3-8-28(25)39-29/h2-3,7-12,20H,4-6,13-19H2,1H3,(H,32,33,36). The number of fused-ring (bicyclic) bond motifs is 2. The quantitative estimate of drug-likeness (QED) is 0.299. The maximum atomic E-state index is 13.3. The van der Waals surface area contributed by atoms with Crippen LogP contribution >= 0.6 is 11.3 Å². The molecule has 0 radical (unpaired) electrons. The van der Waals surface area contributed by atoms with Crippen molar-refractivity contribution in [3.05, 3.63) is 65.9 Å². The van der Waals surface area contributed by atoms with E-state index in [2.05, 4.69) is 33.4 Å². The van der Waals surface area contributed by atoms with Gasteiger partial charge in [-0.3, -0.25) is 15.1 Å². The Kier molecular flexibility index (Phi) is 7.71. The van der Waals surface area contributed by atoms with Crippen LogP contribution in [0.25, 0.3) is 21.5 Å². The number of urea groups is 1. The van der Waals surface area contributed by atoms with Gasteiger partial charge in [0.05, 0.1) is 41.4 Å². The lowest BCUT2D eigenvalue weighted by Crippen LogP contribution is -2.38. The molecule has 9 heteroatoms. The van der Waals surface area contributed by atoms with E-state index in [-0.39, 0.29) is 6.03 Å². The van der Waals surface area contributed by atoms with Crippen LogP contribution in [-0.2, 0) is 11.2 Å². The van der Waals surface area contributed by atoms with Crippen LogP contribution in [0.3, 0.4) is 0 Å². The summed E-state index contributed by atoms with van der Waals surface area (Å²) in [5, 5.41) is 3.63. The summed E-state index contributed by atoms with van der Waals surface area (Å²) < 4.78 is 12.5. The van der Waals surface area contributed by atoms with Gasteiger partial charge < -0.3 is 9.47 Å². The third kappa shape index (κ3) is 5.90. The Morgan fingerprint density at radius 2 is 1.95 bits per heavy atom. The third-order valence-electron chi connectivity index (χ3n) is 7.27. The maximum Gasteiger partial charge on any atom is 0.328 e. The molecular weight excluding hydrogens is 510 g/mol. The monoisotopic (exact) mass is 543 g/mol. The highest BCUT2D eigenvalue weighted by Gasteiger charge is 2.24. The second-order valence-corrected chi connectivity index (χ2v) is 11.0. The van der Waals surface area contributed by atoms with Gasteiger partial charge >= 0.3 is 6.03 Å². The number of hydrogen-bond donors (Lipinski definition) is 1. The highest BCUT2D eigenvalue weighted by atomic mass is 32.1. The number of aryl methyl sites for hydroxylation is 2. The van der Waals surface area contributed by atoms with Gasteiger partial charge in [0.1, 0.15) is 5.75 Å². The molecule has 1 saturated heterocycles. The zero-order valence-corrected chi connectivity index (χ0v) is 23.0. The molecule has 202 valence electrons.